The second-order valence-corrected chi connectivity index (χ2v) is 3.36. The molecule has 4 heteroatoms. The Labute approximate surface area is 84.9 Å². The summed E-state index contributed by atoms with van der Waals surface area (Å²) in [5.74, 6) is -0.324. The molecule has 0 aliphatic rings. The third kappa shape index (κ3) is 5.94. The molecule has 0 amide bonds. The number of ether oxygens (including phenoxy) is 1. The molecule has 0 aliphatic carbocycles. The fourth-order valence-corrected chi connectivity index (χ4v) is 1.05. The van der Waals surface area contributed by atoms with Crippen LogP contribution in [0.15, 0.2) is 0 Å². The zero-order valence-electron chi connectivity index (χ0n) is 8.90. The molecule has 0 aromatic carbocycles. The minimum Gasteiger partial charge on any atom is -0.463 e. The van der Waals surface area contributed by atoms with E-state index in [0.29, 0.717) is 12.8 Å². The molecule has 2 N–H and O–H groups in total. The van der Waals surface area contributed by atoms with Crippen molar-refractivity contribution in [1.82, 2.24) is 0 Å². The van der Waals surface area contributed by atoms with Gasteiger partial charge in [-0.25, -0.2) is 0 Å². The largest absolute Gasteiger partial charge is 0.463 e. The summed E-state index contributed by atoms with van der Waals surface area (Å²) in [7, 11) is 0. The van der Waals surface area contributed by atoms with Gasteiger partial charge in [0.05, 0.1) is 6.10 Å². The monoisotopic (exact) mass is 204 g/mol. The third-order valence-electron chi connectivity index (χ3n) is 1.90. The highest BCUT2D eigenvalue weighted by Gasteiger charge is 2.16. The lowest BCUT2D eigenvalue weighted by molar-refractivity contribution is -0.149. The second-order valence-electron chi connectivity index (χ2n) is 3.36. The summed E-state index contributed by atoms with van der Waals surface area (Å²) in [6.45, 7) is 3.68. The lowest BCUT2D eigenvalue weighted by atomic mass is 10.1. The molecule has 2 atom stereocenters. The molecule has 0 heterocycles. The highest BCUT2D eigenvalue weighted by atomic mass is 16.5. The van der Waals surface area contributed by atoms with Crippen LogP contribution in [0.25, 0.3) is 0 Å². The van der Waals surface area contributed by atoms with Gasteiger partial charge in [0.15, 0.2) is 0 Å². The van der Waals surface area contributed by atoms with Crippen molar-refractivity contribution in [3.63, 3.8) is 0 Å². The number of esters is 1. The van der Waals surface area contributed by atoms with Gasteiger partial charge in [-0.3, -0.25) is 4.79 Å². The Kier molecular flexibility index (Phi) is 7.42. The van der Waals surface area contributed by atoms with E-state index in [1.165, 1.54) is 0 Å². The first kappa shape index (κ1) is 13.4. The Hall–Kier alpha value is -0.610. The maximum absolute atomic E-state index is 10.9. The number of hydrogen-bond donors (Lipinski definition) is 2. The topological polar surface area (TPSA) is 66.8 Å². The molecule has 0 bridgehead atoms. The van der Waals surface area contributed by atoms with Crippen LogP contribution >= 0.6 is 0 Å². The van der Waals surface area contributed by atoms with Crippen LogP contribution < -0.4 is 0 Å². The van der Waals surface area contributed by atoms with E-state index in [-0.39, 0.29) is 12.6 Å². The molecule has 2 unspecified atom stereocenters. The van der Waals surface area contributed by atoms with Crippen molar-refractivity contribution in [2.45, 2.75) is 51.7 Å². The number of rotatable bonds is 7. The van der Waals surface area contributed by atoms with Crippen LogP contribution in [-0.4, -0.2) is 35.0 Å². The van der Waals surface area contributed by atoms with Crippen molar-refractivity contribution in [2.75, 3.05) is 6.61 Å². The van der Waals surface area contributed by atoms with Crippen LogP contribution in [0.5, 0.6) is 0 Å². The van der Waals surface area contributed by atoms with E-state index < -0.39 is 12.2 Å². The zero-order chi connectivity index (χ0) is 11.0. The molecule has 0 aromatic rings. The predicted molar refractivity (Wildman–Crippen MR) is 52.8 cm³/mol. The maximum atomic E-state index is 10.9. The smallest absolute Gasteiger partial charge is 0.305 e. The number of aliphatic hydroxyl groups is 2. The summed E-state index contributed by atoms with van der Waals surface area (Å²) < 4.78 is 4.76. The van der Waals surface area contributed by atoms with Gasteiger partial charge in [0.1, 0.15) is 12.7 Å². The molecule has 0 aromatic heterocycles. The highest BCUT2D eigenvalue weighted by molar-refractivity contribution is 5.69. The fourth-order valence-electron chi connectivity index (χ4n) is 1.05. The number of hydrogen-bond acceptors (Lipinski definition) is 4. The number of aliphatic hydroxyl groups excluding tert-OH is 2. The third-order valence-corrected chi connectivity index (χ3v) is 1.90. The minimum absolute atomic E-state index is 0.111. The van der Waals surface area contributed by atoms with Gasteiger partial charge >= 0.3 is 5.97 Å². The van der Waals surface area contributed by atoms with Crippen LogP contribution in [0.3, 0.4) is 0 Å². The Morgan fingerprint density at radius 2 is 1.86 bits per heavy atom. The van der Waals surface area contributed by atoms with Gasteiger partial charge in [0, 0.05) is 6.42 Å². The van der Waals surface area contributed by atoms with Crippen LogP contribution in [0.2, 0.25) is 0 Å². The van der Waals surface area contributed by atoms with Gasteiger partial charge in [-0.1, -0.05) is 20.3 Å². The van der Waals surface area contributed by atoms with Crippen LogP contribution in [0.1, 0.15) is 39.5 Å². The van der Waals surface area contributed by atoms with Crippen molar-refractivity contribution >= 4 is 5.97 Å². The second kappa shape index (κ2) is 7.76. The SMILES string of the molecule is CCCC(=O)OCC(O)C(O)CCC. The van der Waals surface area contributed by atoms with Crippen molar-refractivity contribution < 1.29 is 19.7 Å². The highest BCUT2D eigenvalue weighted by Crippen LogP contribution is 2.03. The zero-order valence-corrected chi connectivity index (χ0v) is 8.90. The fraction of sp³-hybridized carbons (Fsp3) is 0.900. The summed E-state index contributed by atoms with van der Waals surface area (Å²) in [5.41, 5.74) is 0. The summed E-state index contributed by atoms with van der Waals surface area (Å²) in [4.78, 5) is 10.9. The maximum Gasteiger partial charge on any atom is 0.305 e. The lowest BCUT2D eigenvalue weighted by Gasteiger charge is -2.16. The average Bonchev–Trinajstić information content (AvgIpc) is 2.15. The first-order valence-corrected chi connectivity index (χ1v) is 5.13. The Morgan fingerprint density at radius 3 is 2.36 bits per heavy atom. The molecular formula is C10H20O4. The lowest BCUT2D eigenvalue weighted by Crippen LogP contribution is -2.31. The molecule has 0 fully saturated rings. The van der Waals surface area contributed by atoms with Gasteiger partial charge in [0.2, 0.25) is 0 Å². The van der Waals surface area contributed by atoms with Crippen LogP contribution in [-0.2, 0) is 9.53 Å². The van der Waals surface area contributed by atoms with E-state index in [2.05, 4.69) is 0 Å². The Morgan fingerprint density at radius 1 is 1.21 bits per heavy atom. The summed E-state index contributed by atoms with van der Waals surface area (Å²) in [6.07, 6.45) is 0.640. The van der Waals surface area contributed by atoms with Gasteiger partial charge < -0.3 is 14.9 Å². The Balaban J connectivity index is 3.61. The van der Waals surface area contributed by atoms with E-state index in [1.54, 1.807) is 0 Å². The van der Waals surface area contributed by atoms with E-state index in [4.69, 9.17) is 4.74 Å². The molecule has 0 saturated heterocycles. The van der Waals surface area contributed by atoms with E-state index in [1.807, 2.05) is 13.8 Å². The van der Waals surface area contributed by atoms with Gasteiger partial charge in [-0.15, -0.1) is 0 Å². The van der Waals surface area contributed by atoms with Crippen LogP contribution in [0.4, 0.5) is 0 Å². The van der Waals surface area contributed by atoms with Crippen molar-refractivity contribution in [1.29, 1.82) is 0 Å². The van der Waals surface area contributed by atoms with Gasteiger partial charge in [0.25, 0.3) is 0 Å². The van der Waals surface area contributed by atoms with Crippen LogP contribution in [0, 0.1) is 0 Å². The summed E-state index contributed by atoms with van der Waals surface area (Å²) in [6, 6.07) is 0. The van der Waals surface area contributed by atoms with Crippen molar-refractivity contribution in [3.8, 4) is 0 Å². The molecular weight excluding hydrogens is 184 g/mol. The minimum atomic E-state index is -0.962. The normalized spacial score (nSPS) is 14.9. The number of carbonyl (C=O) groups is 1. The molecule has 0 radical (unpaired) electrons. The molecule has 14 heavy (non-hydrogen) atoms. The predicted octanol–water partition coefficient (Wildman–Crippen LogP) is 0.852. The Bertz CT molecular complexity index is 158. The average molecular weight is 204 g/mol. The number of carbonyl (C=O) groups excluding carboxylic acids is 1. The van der Waals surface area contributed by atoms with E-state index in [0.717, 1.165) is 12.8 Å². The molecule has 0 aliphatic heterocycles. The molecule has 0 saturated carbocycles. The van der Waals surface area contributed by atoms with E-state index >= 15 is 0 Å². The first-order chi connectivity index (χ1) is 6.61. The molecule has 84 valence electrons. The molecule has 0 rings (SSSR count). The van der Waals surface area contributed by atoms with E-state index in [9.17, 15) is 15.0 Å². The molecule has 0 spiro atoms. The van der Waals surface area contributed by atoms with Gasteiger partial charge in [-0.2, -0.15) is 0 Å². The molecule has 4 nitrogen and oxygen atoms in total. The summed E-state index contributed by atoms with van der Waals surface area (Å²) >= 11 is 0. The quantitative estimate of drug-likeness (QED) is 0.603. The first-order valence-electron chi connectivity index (χ1n) is 5.13. The van der Waals surface area contributed by atoms with Crippen molar-refractivity contribution in [3.05, 3.63) is 0 Å². The standard InChI is InChI=1S/C10H20O4/c1-3-5-8(11)9(12)7-14-10(13)6-4-2/h8-9,11-12H,3-7H2,1-2H3. The van der Waals surface area contributed by atoms with Gasteiger partial charge in [-0.05, 0) is 12.8 Å². The van der Waals surface area contributed by atoms with Crippen molar-refractivity contribution in [2.24, 2.45) is 0 Å². The summed E-state index contributed by atoms with van der Waals surface area (Å²) in [5, 5.41) is 18.7.